The van der Waals surface area contributed by atoms with E-state index in [1.807, 2.05) is 13.1 Å². The Morgan fingerprint density at radius 3 is 2.86 bits per heavy atom. The van der Waals surface area contributed by atoms with Crippen LogP contribution in [0.2, 0.25) is 5.15 Å². The minimum absolute atomic E-state index is 0.588. The summed E-state index contributed by atoms with van der Waals surface area (Å²) in [6.07, 6.45) is 5.34. The first-order chi connectivity index (χ1) is 6.77. The molecule has 2 heterocycles. The summed E-state index contributed by atoms with van der Waals surface area (Å²) in [5.41, 5.74) is 3.34. The molecule has 0 saturated carbocycles. The smallest absolute Gasteiger partial charge is 0.131 e. The Bertz CT molecular complexity index is 372. The lowest BCUT2D eigenvalue weighted by Gasteiger charge is -2.12. The molecule has 0 saturated heterocycles. The Labute approximate surface area is 89.0 Å². The Hall–Kier alpha value is -0.890. The van der Waals surface area contributed by atoms with Crippen molar-refractivity contribution in [2.75, 3.05) is 6.54 Å². The minimum Gasteiger partial charge on any atom is -0.289 e. The fourth-order valence-corrected chi connectivity index (χ4v) is 1.75. The van der Waals surface area contributed by atoms with Gasteiger partial charge in [0.2, 0.25) is 0 Å². The van der Waals surface area contributed by atoms with E-state index in [0.717, 1.165) is 24.1 Å². The number of aryl methyl sites for hydroxylation is 1. The van der Waals surface area contributed by atoms with Crippen LogP contribution in [0.3, 0.4) is 0 Å². The van der Waals surface area contributed by atoms with Crippen molar-refractivity contribution in [1.82, 2.24) is 4.98 Å². The number of hydrogen-bond acceptors (Lipinski definition) is 2. The summed E-state index contributed by atoms with van der Waals surface area (Å²) in [7, 11) is 0. The summed E-state index contributed by atoms with van der Waals surface area (Å²) in [6.45, 7) is 2.93. The van der Waals surface area contributed by atoms with E-state index in [0.29, 0.717) is 5.15 Å². The van der Waals surface area contributed by atoms with Crippen molar-refractivity contribution in [3.8, 4) is 0 Å². The van der Waals surface area contributed by atoms with Crippen LogP contribution in [0.1, 0.15) is 30.4 Å². The Kier molecular flexibility index (Phi) is 2.82. The van der Waals surface area contributed by atoms with Crippen molar-refractivity contribution >= 4 is 17.3 Å². The van der Waals surface area contributed by atoms with E-state index in [-0.39, 0.29) is 0 Å². The molecule has 1 aromatic heterocycles. The molecule has 0 aliphatic carbocycles. The van der Waals surface area contributed by atoms with Crippen molar-refractivity contribution in [1.29, 1.82) is 0 Å². The monoisotopic (exact) mass is 208 g/mol. The largest absolute Gasteiger partial charge is 0.289 e. The Balaban J connectivity index is 2.32. The highest BCUT2D eigenvalue weighted by atomic mass is 35.5. The fourth-order valence-electron chi connectivity index (χ4n) is 1.65. The molecule has 1 aliphatic rings. The molecular weight excluding hydrogens is 196 g/mol. The molecule has 74 valence electrons. The van der Waals surface area contributed by atoms with Crippen molar-refractivity contribution in [2.45, 2.75) is 26.2 Å². The summed E-state index contributed by atoms with van der Waals surface area (Å²) in [4.78, 5) is 8.64. The molecule has 0 unspecified atom stereocenters. The molecule has 0 amide bonds. The predicted molar refractivity (Wildman–Crippen MR) is 59.2 cm³/mol. The van der Waals surface area contributed by atoms with Gasteiger partial charge in [-0.1, -0.05) is 11.6 Å². The second kappa shape index (κ2) is 4.09. The third-order valence-corrected chi connectivity index (χ3v) is 2.87. The molecule has 0 atom stereocenters. The normalized spacial score (nSPS) is 16.6. The highest BCUT2D eigenvalue weighted by molar-refractivity contribution is 6.30. The Morgan fingerprint density at radius 1 is 1.36 bits per heavy atom. The van der Waals surface area contributed by atoms with Gasteiger partial charge in [0, 0.05) is 24.0 Å². The molecule has 0 spiro atoms. The maximum atomic E-state index is 5.87. The van der Waals surface area contributed by atoms with Gasteiger partial charge in [-0.15, -0.1) is 0 Å². The number of aromatic nitrogens is 1. The standard InChI is InChI=1S/C11H13ClN2/c1-8-6-9(7-14-11(8)12)10-4-2-3-5-13-10/h6-7H,2-5H2,1H3. The molecule has 1 aliphatic heterocycles. The van der Waals surface area contributed by atoms with Gasteiger partial charge in [0.1, 0.15) is 5.15 Å². The van der Waals surface area contributed by atoms with Crippen LogP contribution >= 0.6 is 11.6 Å². The lowest BCUT2D eigenvalue weighted by atomic mass is 10.0. The first-order valence-corrected chi connectivity index (χ1v) is 5.31. The van der Waals surface area contributed by atoms with E-state index < -0.39 is 0 Å². The zero-order valence-corrected chi connectivity index (χ0v) is 9.01. The van der Waals surface area contributed by atoms with Crippen LogP contribution in [0.5, 0.6) is 0 Å². The number of nitrogens with zero attached hydrogens (tertiary/aromatic N) is 2. The van der Waals surface area contributed by atoms with Crippen LogP contribution in [0.4, 0.5) is 0 Å². The first-order valence-electron chi connectivity index (χ1n) is 4.93. The molecular formula is C11H13ClN2. The topological polar surface area (TPSA) is 25.2 Å². The zero-order valence-electron chi connectivity index (χ0n) is 8.26. The highest BCUT2D eigenvalue weighted by Gasteiger charge is 2.09. The summed E-state index contributed by atoms with van der Waals surface area (Å²) in [5.74, 6) is 0. The lowest BCUT2D eigenvalue weighted by Crippen LogP contribution is -2.08. The van der Waals surface area contributed by atoms with Crippen LogP contribution in [-0.2, 0) is 0 Å². The van der Waals surface area contributed by atoms with Gasteiger partial charge in [0.05, 0.1) is 0 Å². The van der Waals surface area contributed by atoms with Gasteiger partial charge in [0.15, 0.2) is 0 Å². The van der Waals surface area contributed by atoms with E-state index in [4.69, 9.17) is 11.6 Å². The third kappa shape index (κ3) is 1.95. The van der Waals surface area contributed by atoms with E-state index in [1.165, 1.54) is 18.6 Å². The van der Waals surface area contributed by atoms with Gasteiger partial charge in [-0.25, -0.2) is 4.98 Å². The first kappa shape index (κ1) is 9.66. The fraction of sp³-hybridized carbons (Fsp3) is 0.455. The van der Waals surface area contributed by atoms with Gasteiger partial charge >= 0.3 is 0 Å². The van der Waals surface area contributed by atoms with E-state index in [1.54, 1.807) is 0 Å². The second-order valence-electron chi connectivity index (χ2n) is 3.62. The summed E-state index contributed by atoms with van der Waals surface area (Å²) >= 11 is 5.87. The summed E-state index contributed by atoms with van der Waals surface area (Å²) in [5, 5.41) is 0.588. The lowest BCUT2D eigenvalue weighted by molar-refractivity contribution is 0.738. The molecule has 0 radical (unpaired) electrons. The van der Waals surface area contributed by atoms with Crippen molar-refractivity contribution in [3.63, 3.8) is 0 Å². The SMILES string of the molecule is Cc1cc(C2=NCCCC2)cnc1Cl. The molecule has 2 nitrogen and oxygen atoms in total. The van der Waals surface area contributed by atoms with Crippen molar-refractivity contribution < 1.29 is 0 Å². The number of rotatable bonds is 1. The predicted octanol–water partition coefficient (Wildman–Crippen LogP) is 3.02. The van der Waals surface area contributed by atoms with E-state index in [9.17, 15) is 0 Å². The van der Waals surface area contributed by atoms with Gasteiger partial charge in [-0.3, -0.25) is 4.99 Å². The highest BCUT2D eigenvalue weighted by Crippen LogP contribution is 2.17. The van der Waals surface area contributed by atoms with Gasteiger partial charge < -0.3 is 0 Å². The zero-order chi connectivity index (χ0) is 9.97. The van der Waals surface area contributed by atoms with Gasteiger partial charge in [-0.05, 0) is 37.8 Å². The molecule has 0 aromatic carbocycles. The molecule has 0 bridgehead atoms. The average Bonchev–Trinajstić information content (AvgIpc) is 2.23. The van der Waals surface area contributed by atoms with Crippen molar-refractivity contribution in [3.05, 3.63) is 28.5 Å². The van der Waals surface area contributed by atoms with E-state index >= 15 is 0 Å². The molecule has 1 aromatic rings. The summed E-state index contributed by atoms with van der Waals surface area (Å²) < 4.78 is 0. The molecule has 14 heavy (non-hydrogen) atoms. The summed E-state index contributed by atoms with van der Waals surface area (Å²) in [6, 6.07) is 2.07. The van der Waals surface area contributed by atoms with Crippen LogP contribution < -0.4 is 0 Å². The second-order valence-corrected chi connectivity index (χ2v) is 3.98. The van der Waals surface area contributed by atoms with Gasteiger partial charge in [-0.2, -0.15) is 0 Å². The minimum atomic E-state index is 0.588. The Morgan fingerprint density at radius 2 is 2.21 bits per heavy atom. The third-order valence-electron chi connectivity index (χ3n) is 2.47. The number of halogens is 1. The quantitative estimate of drug-likeness (QED) is 0.652. The number of hydrogen-bond donors (Lipinski definition) is 0. The number of aliphatic imine (C=N–C) groups is 1. The molecule has 0 fully saturated rings. The maximum Gasteiger partial charge on any atom is 0.131 e. The van der Waals surface area contributed by atoms with Crippen molar-refractivity contribution in [2.24, 2.45) is 4.99 Å². The van der Waals surface area contributed by atoms with E-state index in [2.05, 4.69) is 16.0 Å². The molecule has 3 heteroatoms. The van der Waals surface area contributed by atoms with Crippen LogP contribution in [0, 0.1) is 6.92 Å². The van der Waals surface area contributed by atoms with Crippen LogP contribution in [-0.4, -0.2) is 17.2 Å². The van der Waals surface area contributed by atoms with Gasteiger partial charge in [0.25, 0.3) is 0 Å². The molecule has 0 N–H and O–H groups in total. The molecule has 2 rings (SSSR count). The van der Waals surface area contributed by atoms with Crippen LogP contribution in [0.25, 0.3) is 0 Å². The van der Waals surface area contributed by atoms with Crippen LogP contribution in [0.15, 0.2) is 17.3 Å². The average molecular weight is 209 g/mol. The maximum absolute atomic E-state index is 5.87. The number of pyridine rings is 1.